The van der Waals surface area contributed by atoms with Gasteiger partial charge in [0.1, 0.15) is 0 Å². The minimum Gasteiger partial charge on any atom is -0.324 e. The molecule has 1 heteroatoms. The summed E-state index contributed by atoms with van der Waals surface area (Å²) >= 11 is 0. The van der Waals surface area contributed by atoms with Gasteiger partial charge in [-0.25, -0.2) is 0 Å². The minimum atomic E-state index is 0.0809. The molecule has 0 saturated heterocycles. The van der Waals surface area contributed by atoms with E-state index in [4.69, 9.17) is 5.73 Å². The Hall–Kier alpha value is -1.60. The van der Waals surface area contributed by atoms with Gasteiger partial charge in [-0.3, -0.25) is 0 Å². The minimum absolute atomic E-state index is 0.0809. The fraction of sp³-hybridized carbons (Fsp3) is 0.294. The summed E-state index contributed by atoms with van der Waals surface area (Å²) in [5, 5.41) is 0. The second-order valence-electron chi connectivity index (χ2n) is 4.89. The summed E-state index contributed by atoms with van der Waals surface area (Å²) in [6.45, 7) is 4.28. The zero-order valence-electron chi connectivity index (χ0n) is 11.2. The Morgan fingerprint density at radius 3 is 2.28 bits per heavy atom. The predicted octanol–water partition coefficient (Wildman–Crippen LogP) is 3.80. The fourth-order valence-corrected chi connectivity index (χ4v) is 2.18. The van der Waals surface area contributed by atoms with E-state index in [0.717, 1.165) is 12.8 Å². The molecule has 0 heterocycles. The number of rotatable bonds is 4. The van der Waals surface area contributed by atoms with Crippen LogP contribution in [0.15, 0.2) is 48.5 Å². The zero-order chi connectivity index (χ0) is 13.0. The van der Waals surface area contributed by atoms with Crippen molar-refractivity contribution < 1.29 is 0 Å². The number of benzene rings is 2. The molecule has 0 bridgehead atoms. The summed E-state index contributed by atoms with van der Waals surface area (Å²) < 4.78 is 0. The first-order valence-electron chi connectivity index (χ1n) is 6.59. The van der Waals surface area contributed by atoms with Crippen LogP contribution in [0.1, 0.15) is 35.2 Å². The Bertz CT molecular complexity index is 499. The van der Waals surface area contributed by atoms with E-state index in [1.807, 2.05) is 0 Å². The average Bonchev–Trinajstić information content (AvgIpc) is 2.39. The van der Waals surface area contributed by atoms with Crippen molar-refractivity contribution in [3.05, 3.63) is 70.8 Å². The maximum atomic E-state index is 6.27. The summed E-state index contributed by atoms with van der Waals surface area (Å²) in [6, 6.07) is 17.3. The number of hydrogen-bond acceptors (Lipinski definition) is 1. The standard InChI is InChI=1S/C17H21N/c1-3-14-7-9-15(10-8-14)12-17(18)16-6-4-5-13(2)11-16/h4-11,17H,3,12,18H2,1-2H3. The van der Waals surface area contributed by atoms with Gasteiger partial charge >= 0.3 is 0 Å². The molecule has 2 rings (SSSR count). The van der Waals surface area contributed by atoms with Gasteiger partial charge in [0.25, 0.3) is 0 Å². The van der Waals surface area contributed by atoms with Gasteiger partial charge in [-0.15, -0.1) is 0 Å². The molecule has 1 unspecified atom stereocenters. The van der Waals surface area contributed by atoms with Gasteiger partial charge in [0, 0.05) is 6.04 Å². The van der Waals surface area contributed by atoms with Crippen molar-refractivity contribution in [1.29, 1.82) is 0 Å². The van der Waals surface area contributed by atoms with E-state index in [1.54, 1.807) is 0 Å². The molecule has 0 radical (unpaired) electrons. The topological polar surface area (TPSA) is 26.0 Å². The first-order chi connectivity index (χ1) is 8.69. The van der Waals surface area contributed by atoms with Crippen LogP contribution in [0.3, 0.4) is 0 Å². The highest BCUT2D eigenvalue weighted by Gasteiger charge is 2.07. The summed E-state index contributed by atoms with van der Waals surface area (Å²) in [5.41, 5.74) is 11.4. The van der Waals surface area contributed by atoms with Crippen molar-refractivity contribution >= 4 is 0 Å². The molecule has 0 aliphatic carbocycles. The lowest BCUT2D eigenvalue weighted by Crippen LogP contribution is -2.13. The lowest BCUT2D eigenvalue weighted by Gasteiger charge is -2.13. The summed E-state index contributed by atoms with van der Waals surface area (Å²) in [4.78, 5) is 0. The van der Waals surface area contributed by atoms with Crippen LogP contribution in [-0.4, -0.2) is 0 Å². The van der Waals surface area contributed by atoms with E-state index in [0.29, 0.717) is 0 Å². The van der Waals surface area contributed by atoms with Crippen LogP contribution in [-0.2, 0) is 12.8 Å². The van der Waals surface area contributed by atoms with Crippen LogP contribution in [0.5, 0.6) is 0 Å². The highest BCUT2D eigenvalue weighted by molar-refractivity contribution is 5.28. The highest BCUT2D eigenvalue weighted by atomic mass is 14.6. The molecule has 1 nitrogen and oxygen atoms in total. The van der Waals surface area contributed by atoms with Crippen molar-refractivity contribution in [3.8, 4) is 0 Å². The first kappa shape index (κ1) is 12.8. The van der Waals surface area contributed by atoms with E-state index >= 15 is 0 Å². The number of nitrogens with two attached hydrogens (primary N) is 1. The Morgan fingerprint density at radius 2 is 1.67 bits per heavy atom. The molecule has 0 fully saturated rings. The average molecular weight is 239 g/mol. The highest BCUT2D eigenvalue weighted by Crippen LogP contribution is 2.17. The normalized spacial score (nSPS) is 12.4. The predicted molar refractivity (Wildman–Crippen MR) is 77.6 cm³/mol. The third-order valence-corrected chi connectivity index (χ3v) is 3.36. The maximum absolute atomic E-state index is 6.27. The Kier molecular flexibility index (Phi) is 4.16. The lowest BCUT2D eigenvalue weighted by atomic mass is 9.97. The van der Waals surface area contributed by atoms with Crippen molar-refractivity contribution in [2.24, 2.45) is 5.73 Å². The monoisotopic (exact) mass is 239 g/mol. The van der Waals surface area contributed by atoms with Crippen molar-refractivity contribution in [2.75, 3.05) is 0 Å². The van der Waals surface area contributed by atoms with Gasteiger partial charge in [-0.1, -0.05) is 61.0 Å². The maximum Gasteiger partial charge on any atom is 0.0335 e. The molecule has 0 saturated carbocycles. The van der Waals surface area contributed by atoms with Crippen LogP contribution in [0, 0.1) is 6.92 Å². The molecule has 0 aromatic heterocycles. The van der Waals surface area contributed by atoms with E-state index in [1.165, 1.54) is 22.3 Å². The van der Waals surface area contributed by atoms with Crippen molar-refractivity contribution in [1.82, 2.24) is 0 Å². The zero-order valence-corrected chi connectivity index (χ0v) is 11.2. The lowest BCUT2D eigenvalue weighted by molar-refractivity contribution is 0.721. The van der Waals surface area contributed by atoms with Crippen molar-refractivity contribution in [2.45, 2.75) is 32.7 Å². The molecule has 2 aromatic carbocycles. The van der Waals surface area contributed by atoms with Gasteiger partial charge in [0.2, 0.25) is 0 Å². The van der Waals surface area contributed by atoms with E-state index in [2.05, 4.69) is 62.4 Å². The molecule has 94 valence electrons. The molecular formula is C17H21N. The van der Waals surface area contributed by atoms with Gasteiger partial charge in [-0.2, -0.15) is 0 Å². The Labute approximate surface area is 110 Å². The van der Waals surface area contributed by atoms with Crippen LogP contribution in [0.25, 0.3) is 0 Å². The Balaban J connectivity index is 2.08. The van der Waals surface area contributed by atoms with Crippen LogP contribution in [0.2, 0.25) is 0 Å². The van der Waals surface area contributed by atoms with Crippen molar-refractivity contribution in [3.63, 3.8) is 0 Å². The molecule has 0 aliphatic heterocycles. The van der Waals surface area contributed by atoms with Gasteiger partial charge in [-0.05, 0) is 36.5 Å². The van der Waals surface area contributed by atoms with Crippen LogP contribution < -0.4 is 5.73 Å². The van der Waals surface area contributed by atoms with Gasteiger partial charge < -0.3 is 5.73 Å². The molecule has 0 spiro atoms. The largest absolute Gasteiger partial charge is 0.324 e. The quantitative estimate of drug-likeness (QED) is 0.863. The summed E-state index contributed by atoms with van der Waals surface area (Å²) in [5.74, 6) is 0. The van der Waals surface area contributed by atoms with E-state index in [-0.39, 0.29) is 6.04 Å². The third kappa shape index (κ3) is 3.21. The van der Waals surface area contributed by atoms with Gasteiger partial charge in [0.05, 0.1) is 0 Å². The second kappa shape index (κ2) is 5.83. The molecule has 1 atom stereocenters. The van der Waals surface area contributed by atoms with E-state index in [9.17, 15) is 0 Å². The Morgan fingerprint density at radius 1 is 1.00 bits per heavy atom. The third-order valence-electron chi connectivity index (χ3n) is 3.36. The fourth-order valence-electron chi connectivity index (χ4n) is 2.18. The van der Waals surface area contributed by atoms with Crippen LogP contribution >= 0.6 is 0 Å². The molecule has 0 amide bonds. The smallest absolute Gasteiger partial charge is 0.0335 e. The second-order valence-corrected chi connectivity index (χ2v) is 4.89. The molecule has 18 heavy (non-hydrogen) atoms. The van der Waals surface area contributed by atoms with E-state index < -0.39 is 0 Å². The van der Waals surface area contributed by atoms with Crippen LogP contribution in [0.4, 0.5) is 0 Å². The molecule has 0 aliphatic rings. The molecular weight excluding hydrogens is 218 g/mol. The first-order valence-corrected chi connectivity index (χ1v) is 6.59. The molecule has 2 N–H and O–H groups in total. The van der Waals surface area contributed by atoms with Gasteiger partial charge in [0.15, 0.2) is 0 Å². The SMILES string of the molecule is CCc1ccc(CC(N)c2cccc(C)c2)cc1. The number of hydrogen-bond donors (Lipinski definition) is 1. The number of aryl methyl sites for hydroxylation is 2. The molecule has 2 aromatic rings. The summed E-state index contributed by atoms with van der Waals surface area (Å²) in [6.07, 6.45) is 1.98. The summed E-state index contributed by atoms with van der Waals surface area (Å²) in [7, 11) is 0.